The van der Waals surface area contributed by atoms with E-state index in [4.69, 9.17) is 5.73 Å². The smallest absolute Gasteiger partial charge is 0.223 e. The summed E-state index contributed by atoms with van der Waals surface area (Å²) in [7, 11) is 1.87. The molecule has 23 heavy (non-hydrogen) atoms. The molecule has 1 aromatic carbocycles. The summed E-state index contributed by atoms with van der Waals surface area (Å²) < 4.78 is 0. The Morgan fingerprint density at radius 1 is 1.39 bits per heavy atom. The van der Waals surface area contributed by atoms with E-state index in [-0.39, 0.29) is 41.8 Å². The van der Waals surface area contributed by atoms with Crippen molar-refractivity contribution in [2.24, 2.45) is 22.6 Å². The molecule has 0 saturated carbocycles. The maximum atomic E-state index is 12.1. The molecule has 5 nitrogen and oxygen atoms in total. The molecule has 2 unspecified atom stereocenters. The van der Waals surface area contributed by atoms with Gasteiger partial charge >= 0.3 is 0 Å². The van der Waals surface area contributed by atoms with Gasteiger partial charge in [0.25, 0.3) is 0 Å². The molecule has 2 atom stereocenters. The third-order valence-electron chi connectivity index (χ3n) is 4.01. The van der Waals surface area contributed by atoms with E-state index >= 15 is 0 Å². The largest absolute Gasteiger partial charge is 0.370 e. The standard InChI is InChI=1S/C17H26N4O.HI/c1-12(2)10-19-17(18)20-11-14-9-15(22)21(3)16(14)13-7-5-4-6-8-13;/h4-8,12,14,16H,9-11H2,1-3H3,(H3,18,19,20);1H. The van der Waals surface area contributed by atoms with Gasteiger partial charge in [0.15, 0.2) is 5.96 Å². The molecule has 0 spiro atoms. The molecule has 1 fully saturated rings. The van der Waals surface area contributed by atoms with Crippen LogP contribution in [0.3, 0.4) is 0 Å². The molecule has 0 bridgehead atoms. The van der Waals surface area contributed by atoms with Gasteiger partial charge < -0.3 is 16.0 Å². The summed E-state index contributed by atoms with van der Waals surface area (Å²) in [6.07, 6.45) is 0.542. The molecule has 0 radical (unpaired) electrons. The highest BCUT2D eigenvalue weighted by molar-refractivity contribution is 14.0. The van der Waals surface area contributed by atoms with Crippen LogP contribution in [-0.2, 0) is 4.79 Å². The number of hydrogen-bond acceptors (Lipinski definition) is 2. The van der Waals surface area contributed by atoms with Gasteiger partial charge in [-0.05, 0) is 11.5 Å². The first-order valence-electron chi connectivity index (χ1n) is 7.83. The first kappa shape index (κ1) is 19.7. The van der Waals surface area contributed by atoms with Crippen LogP contribution in [0.4, 0.5) is 0 Å². The third kappa shape index (κ3) is 5.37. The molecular weight excluding hydrogens is 403 g/mol. The summed E-state index contributed by atoms with van der Waals surface area (Å²) >= 11 is 0. The van der Waals surface area contributed by atoms with Crippen LogP contribution in [0.5, 0.6) is 0 Å². The first-order chi connectivity index (χ1) is 10.5. The summed E-state index contributed by atoms with van der Waals surface area (Å²) in [4.78, 5) is 18.2. The van der Waals surface area contributed by atoms with Gasteiger partial charge in [-0.15, -0.1) is 24.0 Å². The molecule has 1 amide bonds. The number of nitrogens with zero attached hydrogens (tertiary/aromatic N) is 2. The zero-order chi connectivity index (χ0) is 16.1. The summed E-state index contributed by atoms with van der Waals surface area (Å²) in [6, 6.07) is 10.2. The SMILES string of the molecule is CC(C)CN=C(N)NCC1CC(=O)N(C)C1c1ccccc1.I. The average molecular weight is 430 g/mol. The second-order valence-electron chi connectivity index (χ2n) is 6.33. The number of aliphatic imine (C=N–C) groups is 1. The number of carbonyl (C=O) groups is 1. The fourth-order valence-electron chi connectivity index (χ4n) is 2.85. The van der Waals surface area contributed by atoms with E-state index in [2.05, 4.69) is 36.3 Å². The Hall–Kier alpha value is -1.31. The van der Waals surface area contributed by atoms with Gasteiger partial charge in [-0.3, -0.25) is 9.79 Å². The lowest BCUT2D eigenvalue weighted by atomic mass is 9.94. The first-order valence-corrected chi connectivity index (χ1v) is 7.83. The van der Waals surface area contributed by atoms with E-state index in [9.17, 15) is 4.79 Å². The zero-order valence-corrected chi connectivity index (χ0v) is 16.4. The third-order valence-corrected chi connectivity index (χ3v) is 4.01. The van der Waals surface area contributed by atoms with Crippen molar-refractivity contribution in [2.45, 2.75) is 26.3 Å². The van der Waals surface area contributed by atoms with Crippen molar-refractivity contribution in [2.75, 3.05) is 20.1 Å². The van der Waals surface area contributed by atoms with Crippen LogP contribution < -0.4 is 11.1 Å². The van der Waals surface area contributed by atoms with Crippen molar-refractivity contribution in [3.05, 3.63) is 35.9 Å². The van der Waals surface area contributed by atoms with Gasteiger partial charge in [-0.2, -0.15) is 0 Å². The van der Waals surface area contributed by atoms with E-state index in [1.165, 1.54) is 5.56 Å². The maximum absolute atomic E-state index is 12.1. The van der Waals surface area contributed by atoms with Crippen LogP contribution in [0.2, 0.25) is 0 Å². The number of nitrogens with one attached hydrogen (secondary N) is 1. The van der Waals surface area contributed by atoms with Crippen molar-refractivity contribution in [1.82, 2.24) is 10.2 Å². The van der Waals surface area contributed by atoms with Crippen molar-refractivity contribution >= 4 is 35.8 Å². The average Bonchev–Trinajstić information content (AvgIpc) is 2.79. The van der Waals surface area contributed by atoms with Gasteiger partial charge in [0.05, 0.1) is 6.04 Å². The second kappa shape index (κ2) is 9.10. The van der Waals surface area contributed by atoms with Crippen molar-refractivity contribution in [1.29, 1.82) is 0 Å². The molecule has 3 N–H and O–H groups in total. The molecule has 128 valence electrons. The maximum Gasteiger partial charge on any atom is 0.223 e. The number of amides is 1. The van der Waals surface area contributed by atoms with Crippen LogP contribution in [0, 0.1) is 11.8 Å². The lowest BCUT2D eigenvalue weighted by Crippen LogP contribution is -2.37. The Balaban J connectivity index is 0.00000264. The van der Waals surface area contributed by atoms with E-state index in [1.54, 1.807) is 0 Å². The van der Waals surface area contributed by atoms with Gasteiger partial charge in [0, 0.05) is 32.5 Å². The van der Waals surface area contributed by atoms with Crippen LogP contribution in [-0.4, -0.2) is 36.9 Å². The summed E-state index contributed by atoms with van der Waals surface area (Å²) in [5.41, 5.74) is 7.06. The predicted molar refractivity (Wildman–Crippen MR) is 105 cm³/mol. The van der Waals surface area contributed by atoms with E-state index in [0.717, 1.165) is 0 Å². The molecule has 0 aliphatic carbocycles. The van der Waals surface area contributed by atoms with Crippen molar-refractivity contribution in [3.8, 4) is 0 Å². The molecule has 1 aromatic rings. The predicted octanol–water partition coefficient (Wildman–Crippen LogP) is 2.38. The Labute approximate surface area is 155 Å². The van der Waals surface area contributed by atoms with Gasteiger partial charge in [0.1, 0.15) is 0 Å². The zero-order valence-electron chi connectivity index (χ0n) is 14.0. The molecule has 2 rings (SSSR count). The van der Waals surface area contributed by atoms with E-state index in [0.29, 0.717) is 31.4 Å². The molecule has 1 aliphatic heterocycles. The number of guanidine groups is 1. The highest BCUT2D eigenvalue weighted by Gasteiger charge is 2.38. The lowest BCUT2D eigenvalue weighted by molar-refractivity contribution is -0.127. The number of hydrogen-bond donors (Lipinski definition) is 2. The molecule has 6 heteroatoms. The minimum atomic E-state index is 0. The van der Waals surface area contributed by atoms with Crippen LogP contribution in [0.15, 0.2) is 35.3 Å². The summed E-state index contributed by atoms with van der Waals surface area (Å²) in [5.74, 6) is 1.32. The molecule has 1 saturated heterocycles. The highest BCUT2D eigenvalue weighted by atomic mass is 127. The number of benzene rings is 1. The monoisotopic (exact) mass is 430 g/mol. The normalized spacial score (nSPS) is 21.5. The fraction of sp³-hybridized carbons (Fsp3) is 0.529. The van der Waals surface area contributed by atoms with Gasteiger partial charge in [-0.1, -0.05) is 44.2 Å². The van der Waals surface area contributed by atoms with Gasteiger partial charge in [-0.25, -0.2) is 0 Å². The van der Waals surface area contributed by atoms with Crippen LogP contribution in [0.25, 0.3) is 0 Å². The molecular formula is C17H27IN4O. The highest BCUT2D eigenvalue weighted by Crippen LogP contribution is 2.36. The minimum Gasteiger partial charge on any atom is -0.370 e. The lowest BCUT2D eigenvalue weighted by Gasteiger charge is -2.25. The Kier molecular flexibility index (Phi) is 7.81. The van der Waals surface area contributed by atoms with E-state index < -0.39 is 0 Å². The quantitative estimate of drug-likeness (QED) is 0.428. The Morgan fingerprint density at radius 3 is 2.65 bits per heavy atom. The number of likely N-dealkylation sites (tertiary alicyclic amines) is 1. The van der Waals surface area contributed by atoms with Gasteiger partial charge in [0.2, 0.25) is 5.91 Å². The van der Waals surface area contributed by atoms with Crippen LogP contribution in [0.1, 0.15) is 31.9 Å². The number of halogens is 1. The minimum absolute atomic E-state index is 0. The molecule has 0 aromatic heterocycles. The topological polar surface area (TPSA) is 70.7 Å². The molecule has 1 aliphatic rings. The fourth-order valence-corrected chi connectivity index (χ4v) is 2.85. The second-order valence-corrected chi connectivity index (χ2v) is 6.33. The van der Waals surface area contributed by atoms with Crippen molar-refractivity contribution in [3.63, 3.8) is 0 Å². The Morgan fingerprint density at radius 2 is 2.04 bits per heavy atom. The number of rotatable bonds is 5. The number of nitrogens with two attached hydrogens (primary N) is 1. The van der Waals surface area contributed by atoms with Crippen molar-refractivity contribution < 1.29 is 4.79 Å². The summed E-state index contributed by atoms with van der Waals surface area (Å²) in [5, 5.41) is 3.17. The number of carbonyl (C=O) groups excluding carboxylic acids is 1. The Bertz CT molecular complexity index is 533. The van der Waals surface area contributed by atoms with Crippen LogP contribution >= 0.6 is 24.0 Å². The molecule has 1 heterocycles. The summed E-state index contributed by atoms with van der Waals surface area (Å²) in [6.45, 7) is 5.58. The van der Waals surface area contributed by atoms with E-state index in [1.807, 2.05) is 30.1 Å².